The maximum absolute atomic E-state index is 11.4. The summed E-state index contributed by atoms with van der Waals surface area (Å²) in [6, 6.07) is 0.496. The number of alkyl halides is 6. The maximum Gasteiger partial charge on any atom is 0.326 e. The Bertz CT molecular complexity index is 781. The van der Waals surface area contributed by atoms with Gasteiger partial charge in [-0.15, -0.1) is 16.3 Å². The summed E-state index contributed by atoms with van der Waals surface area (Å²) < 4.78 is -4.39. The molecule has 0 atom stereocenters. The Balaban J connectivity index is 0.000000636. The lowest BCUT2D eigenvalue weighted by atomic mass is 10.3. The van der Waals surface area contributed by atoms with Gasteiger partial charge >= 0.3 is 11.9 Å². The molecule has 1 heterocycles. The number of carbonyl (C=O) groups excluding carboxylic acids is 5. The van der Waals surface area contributed by atoms with E-state index in [2.05, 4.69) is 10.3 Å². The fourth-order valence-electron chi connectivity index (χ4n) is 1.01. The molecule has 0 bridgehead atoms. The average molecular weight is 519 g/mol. The van der Waals surface area contributed by atoms with Crippen molar-refractivity contribution in [3.05, 3.63) is 17.0 Å². The predicted molar refractivity (Wildman–Crippen MR) is 104 cm³/mol. The predicted octanol–water partition coefficient (Wildman–Crippen LogP) is 3.08. The van der Waals surface area contributed by atoms with Crippen LogP contribution >= 0.6 is 80.9 Å². The summed E-state index contributed by atoms with van der Waals surface area (Å²) in [6.07, 6.45) is 0.946. The van der Waals surface area contributed by atoms with Gasteiger partial charge < -0.3 is 5.73 Å². The zero-order valence-electron chi connectivity index (χ0n) is 12.4. The molecule has 1 aromatic heterocycles. The van der Waals surface area contributed by atoms with Crippen LogP contribution in [0.1, 0.15) is 10.4 Å². The second-order valence-corrected chi connectivity index (χ2v) is 9.42. The Hall–Kier alpha value is -1.10. The molecule has 0 aliphatic carbocycles. The van der Waals surface area contributed by atoms with E-state index in [1.165, 1.54) is 6.07 Å². The number of thiophene rings is 1. The van der Waals surface area contributed by atoms with Gasteiger partial charge in [0.1, 0.15) is 5.00 Å². The summed E-state index contributed by atoms with van der Waals surface area (Å²) in [7, 11) is 0. The molecule has 148 valence electrons. The average Bonchev–Trinajstić information content (AvgIpc) is 2.94. The third-order valence-corrected chi connectivity index (χ3v) is 3.86. The minimum Gasteiger partial charge on any atom is -0.366 e. The number of aliphatic imine (C=N–C) groups is 1. The highest BCUT2D eigenvalue weighted by atomic mass is 35.6. The number of isocyanates is 1. The van der Waals surface area contributed by atoms with E-state index in [1.807, 2.05) is 0 Å². The number of hydrogen-bond donors (Lipinski definition) is 3. The highest BCUT2D eigenvalue weighted by molar-refractivity contribution is 7.14. The van der Waals surface area contributed by atoms with Gasteiger partial charge in [0.15, 0.2) is 0 Å². The molecular formula is C11H6Cl6N4O5S. The molecule has 0 saturated heterocycles. The van der Waals surface area contributed by atoms with Crippen LogP contribution in [0.5, 0.6) is 0 Å². The summed E-state index contributed by atoms with van der Waals surface area (Å²) in [4.78, 5) is 55.7. The molecule has 0 radical (unpaired) electrons. The first-order chi connectivity index (χ1) is 12.2. The SMILES string of the molecule is NC(=O)c1ccsc1NC(=O)NC(=O)C(Cl)(Cl)Cl.O=C=NC(=O)C(Cl)(Cl)Cl. The molecule has 0 aromatic carbocycles. The minimum absolute atomic E-state index is 0.122. The van der Waals surface area contributed by atoms with E-state index in [0.29, 0.717) is 0 Å². The van der Waals surface area contributed by atoms with Gasteiger partial charge in [0.2, 0.25) is 6.08 Å². The van der Waals surface area contributed by atoms with Crippen LogP contribution < -0.4 is 16.4 Å². The molecule has 1 rings (SSSR count). The van der Waals surface area contributed by atoms with Crippen molar-refractivity contribution >= 4 is 116 Å². The molecule has 0 aliphatic heterocycles. The van der Waals surface area contributed by atoms with E-state index in [-0.39, 0.29) is 10.6 Å². The molecule has 0 aliphatic rings. The molecule has 0 fully saturated rings. The first-order valence-corrected chi connectivity index (χ1v) is 9.10. The zero-order valence-corrected chi connectivity index (χ0v) is 17.7. The molecule has 1 aromatic rings. The number of carbonyl (C=O) groups is 4. The van der Waals surface area contributed by atoms with Crippen LogP contribution in [0.3, 0.4) is 0 Å². The van der Waals surface area contributed by atoms with Crippen LogP contribution in [-0.2, 0) is 14.4 Å². The van der Waals surface area contributed by atoms with E-state index < -0.39 is 31.3 Å². The van der Waals surface area contributed by atoms with E-state index in [1.54, 1.807) is 10.7 Å². The van der Waals surface area contributed by atoms with Crippen molar-refractivity contribution in [3.8, 4) is 0 Å². The molecule has 16 heteroatoms. The summed E-state index contributed by atoms with van der Waals surface area (Å²) in [5.74, 6) is -2.95. The summed E-state index contributed by atoms with van der Waals surface area (Å²) in [6.45, 7) is 0. The first kappa shape index (κ1) is 25.9. The number of imide groups is 1. The highest BCUT2D eigenvalue weighted by Crippen LogP contribution is 2.27. The quantitative estimate of drug-likeness (QED) is 0.312. The zero-order chi connectivity index (χ0) is 21.4. The smallest absolute Gasteiger partial charge is 0.326 e. The fourth-order valence-corrected chi connectivity index (χ4v) is 2.07. The molecular weight excluding hydrogens is 513 g/mol. The Labute approximate surface area is 185 Å². The van der Waals surface area contributed by atoms with Gasteiger partial charge in [-0.3, -0.25) is 25.0 Å². The lowest BCUT2D eigenvalue weighted by Gasteiger charge is -2.10. The van der Waals surface area contributed by atoms with Crippen LogP contribution in [-0.4, -0.2) is 37.4 Å². The van der Waals surface area contributed by atoms with Gasteiger partial charge in [0.25, 0.3) is 19.4 Å². The van der Waals surface area contributed by atoms with Gasteiger partial charge in [-0.25, -0.2) is 9.59 Å². The summed E-state index contributed by atoms with van der Waals surface area (Å²) >= 11 is 31.7. The van der Waals surface area contributed by atoms with Crippen molar-refractivity contribution in [1.82, 2.24) is 5.32 Å². The van der Waals surface area contributed by atoms with Gasteiger partial charge in [0.05, 0.1) is 5.56 Å². The van der Waals surface area contributed by atoms with Crippen molar-refractivity contribution < 1.29 is 24.0 Å². The lowest BCUT2D eigenvalue weighted by Crippen LogP contribution is -2.41. The largest absolute Gasteiger partial charge is 0.366 e. The number of nitrogens with one attached hydrogen (secondary N) is 2. The van der Waals surface area contributed by atoms with Crippen LogP contribution in [0.2, 0.25) is 0 Å². The Morgan fingerprint density at radius 2 is 1.63 bits per heavy atom. The fraction of sp³-hybridized carbons (Fsp3) is 0.182. The maximum atomic E-state index is 11.4. The van der Waals surface area contributed by atoms with Crippen molar-refractivity contribution in [2.45, 2.75) is 7.59 Å². The highest BCUT2D eigenvalue weighted by Gasteiger charge is 2.32. The molecule has 5 amide bonds. The summed E-state index contributed by atoms with van der Waals surface area (Å²) in [5, 5.41) is 5.78. The molecule has 0 spiro atoms. The number of anilines is 1. The number of halogens is 6. The molecule has 27 heavy (non-hydrogen) atoms. The molecule has 4 N–H and O–H groups in total. The van der Waals surface area contributed by atoms with Crippen LogP contribution in [0.25, 0.3) is 0 Å². The van der Waals surface area contributed by atoms with E-state index in [9.17, 15) is 24.0 Å². The number of hydrogen-bond acceptors (Lipinski definition) is 6. The third-order valence-electron chi connectivity index (χ3n) is 2.03. The molecule has 0 saturated carbocycles. The van der Waals surface area contributed by atoms with Crippen molar-refractivity contribution in [2.75, 3.05) is 5.32 Å². The van der Waals surface area contributed by atoms with Gasteiger partial charge in [-0.05, 0) is 11.4 Å². The van der Waals surface area contributed by atoms with Crippen LogP contribution in [0.4, 0.5) is 9.80 Å². The summed E-state index contributed by atoms with van der Waals surface area (Å²) in [5.41, 5.74) is 5.19. The topological polar surface area (TPSA) is 148 Å². The molecule has 0 unspecified atom stereocenters. The minimum atomic E-state index is -2.25. The number of primary amides is 1. The number of nitrogens with two attached hydrogens (primary N) is 1. The van der Waals surface area contributed by atoms with E-state index >= 15 is 0 Å². The van der Waals surface area contributed by atoms with Crippen molar-refractivity contribution in [1.29, 1.82) is 0 Å². The standard InChI is InChI=1S/C8H6Cl3N3O3S.C3Cl3NO2/c9-8(10,11)6(16)14-7(17)13-5-3(4(12)15)1-2-18-5;4-3(5,6)2(9)7-1-8/h1-2H,(H2,12,15)(H2,13,14,16,17);. The molecule has 9 nitrogen and oxygen atoms in total. The van der Waals surface area contributed by atoms with Gasteiger partial charge in [-0.1, -0.05) is 69.6 Å². The van der Waals surface area contributed by atoms with Crippen molar-refractivity contribution in [3.63, 3.8) is 0 Å². The van der Waals surface area contributed by atoms with Crippen LogP contribution in [0.15, 0.2) is 16.4 Å². The van der Waals surface area contributed by atoms with Crippen LogP contribution in [0, 0.1) is 0 Å². The number of urea groups is 1. The third kappa shape index (κ3) is 10.1. The monoisotopic (exact) mass is 516 g/mol. The Kier molecular flexibility index (Phi) is 10.6. The van der Waals surface area contributed by atoms with Crippen molar-refractivity contribution in [2.24, 2.45) is 10.7 Å². The number of rotatable bonds is 2. The van der Waals surface area contributed by atoms with E-state index in [4.69, 9.17) is 75.3 Å². The van der Waals surface area contributed by atoms with Gasteiger partial charge in [0, 0.05) is 0 Å². The van der Waals surface area contributed by atoms with Gasteiger partial charge in [-0.2, -0.15) is 0 Å². The Morgan fingerprint density at radius 3 is 2.00 bits per heavy atom. The second-order valence-electron chi connectivity index (χ2n) is 3.94. The first-order valence-electron chi connectivity index (χ1n) is 5.95. The normalized spacial score (nSPS) is 10.6. The lowest BCUT2D eigenvalue weighted by molar-refractivity contribution is -0.119. The number of nitrogens with zero attached hydrogens (tertiary/aromatic N) is 1. The second kappa shape index (κ2) is 11.0. The Morgan fingerprint density at radius 1 is 1.07 bits per heavy atom. The number of amides is 5. The van der Waals surface area contributed by atoms with E-state index in [0.717, 1.165) is 17.4 Å².